The second kappa shape index (κ2) is 11.8. The third-order valence-electron chi connectivity index (χ3n) is 9.72. The zero-order valence-electron chi connectivity index (χ0n) is 46.4. The summed E-state index contributed by atoms with van der Waals surface area (Å²) < 4.78 is 179. The quantitative estimate of drug-likeness (QED) is 0.167. The van der Waals surface area contributed by atoms with Gasteiger partial charge in [-0.3, -0.25) is 0 Å². The highest BCUT2D eigenvalue weighted by molar-refractivity contribution is 6.24. The van der Waals surface area contributed by atoms with Gasteiger partial charge >= 0.3 is 0 Å². The first-order valence-corrected chi connectivity index (χ1v) is 16.7. The van der Waals surface area contributed by atoms with Gasteiger partial charge in [-0.15, -0.1) is 0 Å². The molecule has 246 valence electrons. The highest BCUT2D eigenvalue weighted by Crippen LogP contribution is 2.46. The van der Waals surface area contributed by atoms with E-state index in [1.807, 2.05) is 54.6 Å². The lowest BCUT2D eigenvalue weighted by molar-refractivity contribution is 0.669. The molecule has 0 fully saturated rings. The maximum Gasteiger partial charge on any atom is 0.136 e. The van der Waals surface area contributed by atoms with Crippen LogP contribution in [-0.2, 0) is 0 Å². The van der Waals surface area contributed by atoms with E-state index < -0.39 is 164 Å². The summed E-state index contributed by atoms with van der Waals surface area (Å²) >= 11 is 0. The van der Waals surface area contributed by atoms with Crippen LogP contribution < -0.4 is 0 Å². The first-order chi connectivity index (χ1) is 34.2. The van der Waals surface area contributed by atoms with Crippen LogP contribution in [0, 0.1) is 0 Å². The number of fused-ring (bicyclic) bond motifs is 7. The normalized spacial score (nSPS) is 16.8. The second-order valence-corrected chi connectivity index (χ2v) is 12.6. The third kappa shape index (κ3) is 4.71. The van der Waals surface area contributed by atoms with Gasteiger partial charge in [0.05, 0.1) is 26.0 Å². The Morgan fingerprint density at radius 2 is 0.887 bits per heavy atom. The maximum absolute atomic E-state index is 9.88. The van der Waals surface area contributed by atoms with Gasteiger partial charge in [0.2, 0.25) is 0 Å². The average Bonchev–Trinajstić information content (AvgIpc) is 3.75. The van der Waals surface area contributed by atoms with E-state index in [0.717, 1.165) is 27.3 Å². The molecule has 0 radical (unpaired) electrons. The van der Waals surface area contributed by atoms with Crippen molar-refractivity contribution in [1.82, 2.24) is 0 Å². The van der Waals surface area contributed by atoms with Crippen LogP contribution in [0.15, 0.2) is 198 Å². The zero-order valence-corrected chi connectivity index (χ0v) is 27.4. The van der Waals surface area contributed by atoms with Crippen molar-refractivity contribution < 1.29 is 30.5 Å². The summed E-state index contributed by atoms with van der Waals surface area (Å²) in [6, 6.07) is 9.42. The molecule has 1 aromatic heterocycles. The lowest BCUT2D eigenvalue weighted by atomic mass is 9.84. The van der Waals surface area contributed by atoms with E-state index >= 15 is 0 Å². The molecular formula is C52H32O. The summed E-state index contributed by atoms with van der Waals surface area (Å²) in [6.07, 6.45) is 0. The van der Waals surface area contributed by atoms with E-state index in [4.69, 9.17) is 19.5 Å². The van der Waals surface area contributed by atoms with Gasteiger partial charge in [-0.05, 0) is 118 Å². The number of furan rings is 1. The predicted octanol–water partition coefficient (Wildman–Crippen LogP) is 14.9. The molecule has 0 aliphatic carbocycles. The fourth-order valence-corrected chi connectivity index (χ4v) is 7.32. The monoisotopic (exact) mass is 691 g/mol. The lowest BCUT2D eigenvalue weighted by Crippen LogP contribution is -1.92. The molecule has 1 heteroatoms. The van der Waals surface area contributed by atoms with Gasteiger partial charge in [-0.1, -0.05) is 163 Å². The summed E-state index contributed by atoms with van der Waals surface area (Å²) in [5.41, 5.74) is 0.516. The zero-order chi connectivity index (χ0) is 51.4. The Hall–Kier alpha value is -6.96. The van der Waals surface area contributed by atoms with Crippen LogP contribution >= 0.6 is 0 Å². The predicted molar refractivity (Wildman–Crippen MR) is 225 cm³/mol. The van der Waals surface area contributed by atoms with Gasteiger partial charge in [0, 0.05) is 10.8 Å². The summed E-state index contributed by atoms with van der Waals surface area (Å²) in [7, 11) is 0. The van der Waals surface area contributed by atoms with Crippen molar-refractivity contribution >= 4 is 65.0 Å². The topological polar surface area (TPSA) is 13.1 Å². The van der Waals surface area contributed by atoms with E-state index in [9.17, 15) is 11.0 Å². The molecule has 0 N–H and O–H groups in total. The Morgan fingerprint density at radius 1 is 0.321 bits per heavy atom. The van der Waals surface area contributed by atoms with E-state index in [2.05, 4.69) is 6.07 Å². The van der Waals surface area contributed by atoms with Crippen LogP contribution in [0.1, 0.15) is 26.0 Å². The minimum Gasteiger partial charge on any atom is -0.456 e. The summed E-state index contributed by atoms with van der Waals surface area (Å²) in [5, 5.41) is 0.574. The van der Waals surface area contributed by atoms with Crippen molar-refractivity contribution in [2.45, 2.75) is 0 Å². The maximum atomic E-state index is 9.88. The Morgan fingerprint density at radius 3 is 1.62 bits per heavy atom. The Kier molecular flexibility index (Phi) is 3.69. The first-order valence-electron chi connectivity index (χ1n) is 26.2. The second-order valence-electron chi connectivity index (χ2n) is 12.6. The van der Waals surface area contributed by atoms with Crippen LogP contribution in [0.25, 0.3) is 110 Å². The molecule has 0 saturated heterocycles. The van der Waals surface area contributed by atoms with Crippen molar-refractivity contribution in [3.8, 4) is 44.5 Å². The van der Waals surface area contributed by atoms with Crippen molar-refractivity contribution in [2.24, 2.45) is 0 Å². The fraction of sp³-hybridized carbons (Fsp3) is 0. The fourth-order valence-electron chi connectivity index (χ4n) is 7.32. The van der Waals surface area contributed by atoms with Gasteiger partial charge in [0.1, 0.15) is 11.2 Å². The summed E-state index contributed by atoms with van der Waals surface area (Å²) in [6.45, 7) is 0. The minimum atomic E-state index is -0.870. The molecule has 53 heavy (non-hydrogen) atoms. The van der Waals surface area contributed by atoms with Crippen molar-refractivity contribution in [1.29, 1.82) is 0 Å². The Labute approximate surface area is 333 Å². The molecule has 1 nitrogen and oxygen atoms in total. The van der Waals surface area contributed by atoms with Crippen molar-refractivity contribution in [3.05, 3.63) is 194 Å². The van der Waals surface area contributed by atoms with Gasteiger partial charge < -0.3 is 4.42 Å². The van der Waals surface area contributed by atoms with E-state index in [1.54, 1.807) is 18.2 Å². The number of benzene rings is 10. The third-order valence-corrected chi connectivity index (χ3v) is 9.72. The van der Waals surface area contributed by atoms with Crippen LogP contribution in [0.4, 0.5) is 0 Å². The Balaban J connectivity index is 1.28. The molecule has 1 heterocycles. The highest BCUT2D eigenvalue weighted by Gasteiger charge is 2.19. The molecule has 0 amide bonds. The molecule has 0 atom stereocenters. The van der Waals surface area contributed by atoms with E-state index in [0.29, 0.717) is 16.6 Å². The number of hydrogen-bond donors (Lipinski definition) is 0. The molecule has 0 aliphatic rings. The van der Waals surface area contributed by atoms with Gasteiger partial charge in [-0.25, -0.2) is 0 Å². The molecule has 10 aromatic carbocycles. The molecular weight excluding hydrogens is 641 g/mol. The van der Waals surface area contributed by atoms with Crippen LogP contribution in [-0.4, -0.2) is 0 Å². The summed E-state index contributed by atoms with van der Waals surface area (Å²) in [5.74, 6) is 0. The first kappa shape index (κ1) is 16.6. The molecule has 0 saturated carbocycles. The van der Waals surface area contributed by atoms with Gasteiger partial charge in [0.15, 0.2) is 0 Å². The number of hydrogen-bond acceptors (Lipinski definition) is 1. The highest BCUT2D eigenvalue weighted by atomic mass is 16.3. The van der Waals surface area contributed by atoms with Gasteiger partial charge in [-0.2, -0.15) is 0 Å². The molecule has 11 aromatic rings. The molecule has 0 aliphatic heterocycles. The minimum absolute atomic E-state index is 0.141. The standard InChI is InChI=1S/C52H32O/c1-2-13-34(14-3-1)51-43-18-8-10-20-45(43)52(46-21-11-9-19-44(46)51)47-28-27-39(40-16-6-7-17-41(40)47)38-24-26-42-48-31-37(25-29-49(48)53-50(42)32-38)36-23-22-33-12-4-5-15-35(33)30-36/h1-32H/i1D,2D,3D,6D,7D,8D,9D,10D,11D,13D,14D,16D,17D,18D,19D,20D,21D,27D,28D. The molecule has 0 unspecified atom stereocenters. The SMILES string of the molecule is [2H]c1c([2H])c([2H])c(-c2c3c([2H])c([2H])c([2H])c([2H])c3c(-c3c([2H])c([2H])c(-c4ccc5c(c4)oc4ccc(-c6ccc7ccccc7c6)cc45)c4c([2H])c([2H])c([2H])c([2H])c34)c3c([2H])c([2H])c([2H])c([2H])c23)c([2H])c1[2H]. The van der Waals surface area contributed by atoms with Gasteiger partial charge in [0.25, 0.3) is 0 Å². The smallest absolute Gasteiger partial charge is 0.136 e. The summed E-state index contributed by atoms with van der Waals surface area (Å²) in [4.78, 5) is 0. The van der Waals surface area contributed by atoms with E-state index in [1.165, 1.54) is 0 Å². The van der Waals surface area contributed by atoms with Crippen molar-refractivity contribution in [2.75, 3.05) is 0 Å². The molecule has 0 spiro atoms. The van der Waals surface area contributed by atoms with Crippen molar-refractivity contribution in [3.63, 3.8) is 0 Å². The Bertz CT molecular complexity index is 4220. The molecule has 11 rings (SSSR count). The van der Waals surface area contributed by atoms with E-state index in [-0.39, 0.29) is 16.5 Å². The average molecular weight is 692 g/mol. The van der Waals surface area contributed by atoms with Crippen LogP contribution in [0.5, 0.6) is 0 Å². The molecule has 0 bridgehead atoms. The van der Waals surface area contributed by atoms with Crippen LogP contribution in [0.2, 0.25) is 0 Å². The van der Waals surface area contributed by atoms with Crippen LogP contribution in [0.3, 0.4) is 0 Å². The lowest BCUT2D eigenvalue weighted by Gasteiger charge is -2.19. The number of rotatable bonds is 4. The largest absolute Gasteiger partial charge is 0.456 e.